The Bertz CT molecular complexity index is 737. The first kappa shape index (κ1) is 19.3. The average molecular weight is 367 g/mol. The minimum Gasteiger partial charge on any atom is -0.490 e. The zero-order valence-electron chi connectivity index (χ0n) is 16.3. The van der Waals surface area contributed by atoms with E-state index in [1.807, 2.05) is 36.1 Å². The normalized spacial score (nSPS) is 14.8. The van der Waals surface area contributed by atoms with E-state index in [1.54, 1.807) is 0 Å². The summed E-state index contributed by atoms with van der Waals surface area (Å²) >= 11 is 0. The predicted molar refractivity (Wildman–Crippen MR) is 108 cm³/mol. The number of amides is 1. The highest BCUT2D eigenvalue weighted by Crippen LogP contribution is 2.31. The van der Waals surface area contributed by atoms with E-state index >= 15 is 0 Å². The third kappa shape index (κ3) is 4.82. The number of nitrogens with zero attached hydrogens (tertiary/aromatic N) is 1. The van der Waals surface area contributed by atoms with E-state index in [2.05, 4.69) is 31.2 Å². The van der Waals surface area contributed by atoms with Crippen LogP contribution >= 0.6 is 0 Å². The lowest BCUT2D eigenvalue weighted by Crippen LogP contribution is -2.37. The average Bonchev–Trinajstić information content (AvgIpc) is 2.73. The van der Waals surface area contributed by atoms with Crippen LogP contribution in [0.3, 0.4) is 0 Å². The first-order valence-electron chi connectivity index (χ1n) is 9.96. The fourth-order valence-corrected chi connectivity index (χ4v) is 3.56. The lowest BCUT2D eigenvalue weighted by molar-refractivity contribution is 0.0712. The number of carbonyl (C=O) groups excluding carboxylic acids is 1. The molecule has 0 spiro atoms. The van der Waals surface area contributed by atoms with Crippen molar-refractivity contribution in [2.24, 2.45) is 0 Å². The number of piperidine rings is 1. The Hall–Kier alpha value is -2.49. The van der Waals surface area contributed by atoms with Crippen molar-refractivity contribution in [2.75, 3.05) is 26.3 Å². The van der Waals surface area contributed by atoms with Crippen LogP contribution in [-0.4, -0.2) is 37.1 Å². The number of hydrogen-bond acceptors (Lipinski definition) is 3. The zero-order valence-corrected chi connectivity index (χ0v) is 16.3. The lowest BCUT2D eigenvalue weighted by atomic mass is 9.89. The molecule has 1 aliphatic heterocycles. The molecular formula is C23H29NO3. The van der Waals surface area contributed by atoms with Gasteiger partial charge in [-0.25, -0.2) is 0 Å². The lowest BCUT2D eigenvalue weighted by Gasteiger charge is -2.32. The largest absolute Gasteiger partial charge is 0.490 e. The van der Waals surface area contributed by atoms with Gasteiger partial charge >= 0.3 is 0 Å². The summed E-state index contributed by atoms with van der Waals surface area (Å²) < 4.78 is 11.4. The van der Waals surface area contributed by atoms with E-state index < -0.39 is 0 Å². The molecule has 1 fully saturated rings. The summed E-state index contributed by atoms with van der Waals surface area (Å²) in [5, 5.41) is 0. The summed E-state index contributed by atoms with van der Waals surface area (Å²) in [7, 11) is 0. The summed E-state index contributed by atoms with van der Waals surface area (Å²) in [6, 6.07) is 16.1. The SMILES string of the molecule is CCCOc1ccc(C(=O)N2CCC(c3ccccc3)CC2)cc1OCC. The third-order valence-corrected chi connectivity index (χ3v) is 5.01. The molecule has 4 heteroatoms. The van der Waals surface area contributed by atoms with Gasteiger partial charge in [0, 0.05) is 18.7 Å². The van der Waals surface area contributed by atoms with Gasteiger partial charge in [0.25, 0.3) is 5.91 Å². The molecule has 3 rings (SSSR count). The van der Waals surface area contributed by atoms with Gasteiger partial charge in [-0.05, 0) is 55.9 Å². The number of hydrogen-bond donors (Lipinski definition) is 0. The number of likely N-dealkylation sites (tertiary alicyclic amines) is 1. The molecule has 1 heterocycles. The summed E-state index contributed by atoms with van der Waals surface area (Å²) in [5.41, 5.74) is 2.04. The molecule has 1 saturated heterocycles. The van der Waals surface area contributed by atoms with Crippen molar-refractivity contribution in [1.29, 1.82) is 0 Å². The molecular weight excluding hydrogens is 338 g/mol. The fraction of sp³-hybridized carbons (Fsp3) is 0.435. The molecule has 2 aromatic carbocycles. The fourth-order valence-electron chi connectivity index (χ4n) is 3.56. The van der Waals surface area contributed by atoms with E-state index in [-0.39, 0.29) is 5.91 Å². The summed E-state index contributed by atoms with van der Waals surface area (Å²) in [6.45, 7) is 6.76. The van der Waals surface area contributed by atoms with Crippen LogP contribution in [0.2, 0.25) is 0 Å². The molecule has 0 saturated carbocycles. The van der Waals surface area contributed by atoms with Gasteiger partial charge in [0.1, 0.15) is 0 Å². The van der Waals surface area contributed by atoms with Crippen LogP contribution in [0.5, 0.6) is 11.5 Å². The van der Waals surface area contributed by atoms with Crippen LogP contribution < -0.4 is 9.47 Å². The maximum absolute atomic E-state index is 13.0. The maximum Gasteiger partial charge on any atom is 0.253 e. The molecule has 27 heavy (non-hydrogen) atoms. The van der Waals surface area contributed by atoms with Gasteiger partial charge in [0.05, 0.1) is 13.2 Å². The van der Waals surface area contributed by atoms with Crippen LogP contribution in [0, 0.1) is 0 Å². The minimum atomic E-state index is 0.0736. The molecule has 0 N–H and O–H groups in total. The van der Waals surface area contributed by atoms with E-state index in [4.69, 9.17) is 9.47 Å². The molecule has 4 nitrogen and oxygen atoms in total. The molecule has 0 aliphatic carbocycles. The standard InChI is InChI=1S/C23H29NO3/c1-3-16-27-21-11-10-20(17-22(21)26-4-2)23(25)24-14-12-19(13-15-24)18-8-6-5-7-9-18/h5-11,17,19H,3-4,12-16H2,1-2H3. The first-order chi connectivity index (χ1) is 13.2. The van der Waals surface area contributed by atoms with E-state index in [0.717, 1.165) is 32.4 Å². The van der Waals surface area contributed by atoms with Crippen LogP contribution in [0.1, 0.15) is 54.9 Å². The molecule has 0 aromatic heterocycles. The van der Waals surface area contributed by atoms with E-state index in [0.29, 0.717) is 36.2 Å². The van der Waals surface area contributed by atoms with Crippen LogP contribution in [0.4, 0.5) is 0 Å². The second-order valence-corrected chi connectivity index (χ2v) is 6.92. The smallest absolute Gasteiger partial charge is 0.253 e. The summed E-state index contributed by atoms with van der Waals surface area (Å²) in [6.07, 6.45) is 2.94. The zero-order chi connectivity index (χ0) is 19.1. The van der Waals surface area contributed by atoms with Crippen molar-refractivity contribution in [3.63, 3.8) is 0 Å². The summed E-state index contributed by atoms with van der Waals surface area (Å²) in [4.78, 5) is 14.9. The highest BCUT2D eigenvalue weighted by atomic mass is 16.5. The predicted octanol–water partition coefficient (Wildman–Crippen LogP) is 4.89. The minimum absolute atomic E-state index is 0.0736. The molecule has 0 unspecified atom stereocenters. The highest BCUT2D eigenvalue weighted by molar-refractivity contribution is 5.95. The van der Waals surface area contributed by atoms with Crippen molar-refractivity contribution in [3.05, 3.63) is 59.7 Å². The Morgan fingerprint density at radius 3 is 2.41 bits per heavy atom. The van der Waals surface area contributed by atoms with Gasteiger partial charge in [-0.2, -0.15) is 0 Å². The topological polar surface area (TPSA) is 38.8 Å². The second-order valence-electron chi connectivity index (χ2n) is 6.92. The number of carbonyl (C=O) groups is 1. The number of benzene rings is 2. The van der Waals surface area contributed by atoms with Crippen molar-refractivity contribution >= 4 is 5.91 Å². The van der Waals surface area contributed by atoms with Gasteiger partial charge < -0.3 is 14.4 Å². The molecule has 0 radical (unpaired) electrons. The first-order valence-corrected chi connectivity index (χ1v) is 9.96. The van der Waals surface area contributed by atoms with E-state index in [1.165, 1.54) is 5.56 Å². The van der Waals surface area contributed by atoms with Gasteiger partial charge in [0.2, 0.25) is 0 Å². The quantitative estimate of drug-likeness (QED) is 0.699. The Morgan fingerprint density at radius 2 is 1.74 bits per heavy atom. The third-order valence-electron chi connectivity index (χ3n) is 5.01. The Labute approximate surface area is 162 Å². The van der Waals surface area contributed by atoms with Crippen molar-refractivity contribution < 1.29 is 14.3 Å². The monoisotopic (exact) mass is 367 g/mol. The second kappa shape index (κ2) is 9.45. The van der Waals surface area contributed by atoms with Crippen molar-refractivity contribution in [3.8, 4) is 11.5 Å². The molecule has 0 bridgehead atoms. The molecule has 1 amide bonds. The molecule has 144 valence electrons. The van der Waals surface area contributed by atoms with Crippen molar-refractivity contribution in [2.45, 2.75) is 39.0 Å². The van der Waals surface area contributed by atoms with Crippen LogP contribution in [0.15, 0.2) is 48.5 Å². The summed E-state index contributed by atoms with van der Waals surface area (Å²) in [5.74, 6) is 1.97. The number of ether oxygens (including phenoxy) is 2. The van der Waals surface area contributed by atoms with Crippen LogP contribution in [0.25, 0.3) is 0 Å². The van der Waals surface area contributed by atoms with Gasteiger partial charge in [-0.1, -0.05) is 37.3 Å². The van der Waals surface area contributed by atoms with Crippen molar-refractivity contribution in [1.82, 2.24) is 4.90 Å². The Kier molecular flexibility index (Phi) is 6.74. The Balaban J connectivity index is 1.66. The Morgan fingerprint density at radius 1 is 1.00 bits per heavy atom. The maximum atomic E-state index is 13.0. The van der Waals surface area contributed by atoms with Gasteiger partial charge in [-0.3, -0.25) is 4.79 Å². The highest BCUT2D eigenvalue weighted by Gasteiger charge is 2.25. The van der Waals surface area contributed by atoms with Gasteiger partial charge in [-0.15, -0.1) is 0 Å². The van der Waals surface area contributed by atoms with Crippen LogP contribution in [-0.2, 0) is 0 Å². The number of rotatable bonds is 7. The molecule has 2 aromatic rings. The molecule has 1 aliphatic rings. The van der Waals surface area contributed by atoms with Gasteiger partial charge in [0.15, 0.2) is 11.5 Å². The van der Waals surface area contributed by atoms with E-state index in [9.17, 15) is 4.79 Å². The molecule has 0 atom stereocenters.